The molecule has 0 saturated heterocycles. The fourth-order valence-electron chi connectivity index (χ4n) is 2.46. The van der Waals surface area contributed by atoms with Crippen LogP contribution in [0.3, 0.4) is 0 Å². The van der Waals surface area contributed by atoms with E-state index in [2.05, 4.69) is 0 Å². The van der Waals surface area contributed by atoms with Crippen molar-refractivity contribution in [2.75, 3.05) is 5.73 Å². The predicted octanol–water partition coefficient (Wildman–Crippen LogP) is 3.17. The minimum atomic E-state index is -0.0174. The molecule has 0 bridgehead atoms. The van der Waals surface area contributed by atoms with Crippen LogP contribution in [0.15, 0.2) is 53.5 Å². The highest BCUT2D eigenvalue weighted by Gasteiger charge is 2.09. The summed E-state index contributed by atoms with van der Waals surface area (Å²) in [5.74, 6) is 0. The van der Waals surface area contributed by atoms with E-state index >= 15 is 0 Å². The number of nitrogens with two attached hydrogens (primary N) is 1. The third kappa shape index (κ3) is 1.88. The molecule has 0 aliphatic heterocycles. The lowest BCUT2D eigenvalue weighted by Gasteiger charge is -2.10. The van der Waals surface area contributed by atoms with Crippen LogP contribution < -0.4 is 11.3 Å². The van der Waals surface area contributed by atoms with E-state index in [1.54, 1.807) is 4.40 Å². The van der Waals surface area contributed by atoms with Gasteiger partial charge in [0.2, 0.25) is 0 Å². The van der Waals surface area contributed by atoms with Crippen molar-refractivity contribution in [1.29, 1.82) is 0 Å². The molecule has 2 aromatic heterocycles. The summed E-state index contributed by atoms with van der Waals surface area (Å²) < 4.78 is 1.67. The van der Waals surface area contributed by atoms with E-state index in [1.807, 2.05) is 62.5 Å². The highest BCUT2D eigenvalue weighted by Crippen LogP contribution is 2.24. The summed E-state index contributed by atoms with van der Waals surface area (Å²) in [5.41, 5.74) is 11.2. The number of anilines is 1. The molecule has 2 N–H and O–H groups in total. The lowest BCUT2D eigenvalue weighted by molar-refractivity contribution is 1.09. The molecule has 1 aromatic carbocycles. The van der Waals surface area contributed by atoms with E-state index in [0.29, 0.717) is 11.3 Å². The molecule has 0 saturated carbocycles. The summed E-state index contributed by atoms with van der Waals surface area (Å²) in [7, 11) is 0. The first kappa shape index (κ1) is 12.5. The Bertz CT molecular complexity index is 862. The van der Waals surface area contributed by atoms with Crippen LogP contribution >= 0.6 is 0 Å². The number of hydrogen-bond acceptors (Lipinski definition) is 2. The lowest BCUT2D eigenvalue weighted by Crippen LogP contribution is -2.15. The molecule has 0 unspecified atom stereocenters. The number of pyridine rings is 2. The fraction of sp³-hybridized carbons (Fsp3) is 0.118. The molecule has 3 rings (SSSR count). The van der Waals surface area contributed by atoms with Crippen LogP contribution in [-0.4, -0.2) is 4.40 Å². The number of hydrogen-bond donors (Lipinski definition) is 1. The van der Waals surface area contributed by atoms with Gasteiger partial charge >= 0.3 is 0 Å². The molecule has 0 aliphatic rings. The first-order valence-electron chi connectivity index (χ1n) is 6.55. The standard InChI is InChI=1S/C17H16N2O/c1-11-8-9-19-13(10-11)6-7-15(17(19)20)14-4-3-5-16(18)12(14)2/h3-10H,18H2,1-2H3. The molecule has 100 valence electrons. The van der Waals surface area contributed by atoms with Crippen molar-refractivity contribution < 1.29 is 0 Å². The summed E-state index contributed by atoms with van der Waals surface area (Å²) in [6.07, 6.45) is 1.82. The zero-order valence-corrected chi connectivity index (χ0v) is 11.6. The molecular formula is C17H16N2O. The largest absolute Gasteiger partial charge is 0.398 e. The van der Waals surface area contributed by atoms with Gasteiger partial charge in [-0.05, 0) is 60.9 Å². The number of fused-ring (bicyclic) bond motifs is 1. The van der Waals surface area contributed by atoms with Gasteiger partial charge in [0.1, 0.15) is 0 Å². The third-order valence-corrected chi connectivity index (χ3v) is 3.68. The number of nitrogens with zero attached hydrogens (tertiary/aromatic N) is 1. The normalized spacial score (nSPS) is 10.9. The number of rotatable bonds is 1. The lowest BCUT2D eigenvalue weighted by atomic mass is 10.0. The first-order valence-corrected chi connectivity index (χ1v) is 6.55. The van der Waals surface area contributed by atoms with E-state index in [9.17, 15) is 4.79 Å². The van der Waals surface area contributed by atoms with Crippen LogP contribution in [0.1, 0.15) is 11.1 Å². The average Bonchev–Trinajstić information content (AvgIpc) is 2.43. The summed E-state index contributed by atoms with van der Waals surface area (Å²) in [6.45, 7) is 3.95. The molecule has 2 heterocycles. The maximum Gasteiger partial charge on any atom is 0.262 e. The maximum absolute atomic E-state index is 12.6. The van der Waals surface area contributed by atoms with Crippen LogP contribution in [0.5, 0.6) is 0 Å². The number of nitrogen functional groups attached to an aromatic ring is 1. The zero-order chi connectivity index (χ0) is 14.3. The Labute approximate surface area is 117 Å². The molecule has 0 spiro atoms. The number of aromatic nitrogens is 1. The number of benzene rings is 1. The van der Waals surface area contributed by atoms with Crippen LogP contribution in [0.2, 0.25) is 0 Å². The van der Waals surface area contributed by atoms with Gasteiger partial charge in [0.25, 0.3) is 5.56 Å². The van der Waals surface area contributed by atoms with Crippen LogP contribution in [0.4, 0.5) is 5.69 Å². The molecule has 3 nitrogen and oxygen atoms in total. The summed E-state index contributed by atoms with van der Waals surface area (Å²) >= 11 is 0. The van der Waals surface area contributed by atoms with Gasteiger partial charge < -0.3 is 5.73 Å². The van der Waals surface area contributed by atoms with E-state index < -0.39 is 0 Å². The Hall–Kier alpha value is -2.55. The Morgan fingerprint density at radius 1 is 1.00 bits per heavy atom. The highest BCUT2D eigenvalue weighted by atomic mass is 16.1. The van der Waals surface area contributed by atoms with E-state index in [-0.39, 0.29) is 5.56 Å². The van der Waals surface area contributed by atoms with Gasteiger partial charge in [-0.1, -0.05) is 12.1 Å². The van der Waals surface area contributed by atoms with Crippen LogP contribution in [-0.2, 0) is 0 Å². The SMILES string of the molecule is Cc1ccn2c(=O)c(-c3cccc(N)c3C)ccc2c1. The van der Waals surface area contributed by atoms with Gasteiger partial charge in [-0.3, -0.25) is 9.20 Å². The minimum absolute atomic E-state index is 0.0174. The van der Waals surface area contributed by atoms with Gasteiger partial charge in [-0.15, -0.1) is 0 Å². The van der Waals surface area contributed by atoms with Crippen molar-refractivity contribution in [3.8, 4) is 11.1 Å². The predicted molar refractivity (Wildman–Crippen MR) is 83.0 cm³/mol. The van der Waals surface area contributed by atoms with Crippen molar-refractivity contribution in [1.82, 2.24) is 4.40 Å². The Balaban J connectivity index is 2.33. The molecule has 3 heteroatoms. The summed E-state index contributed by atoms with van der Waals surface area (Å²) in [4.78, 5) is 12.6. The second-order valence-corrected chi connectivity index (χ2v) is 5.07. The second kappa shape index (κ2) is 4.53. The topological polar surface area (TPSA) is 47.5 Å². The van der Waals surface area contributed by atoms with Gasteiger partial charge in [-0.2, -0.15) is 0 Å². The Kier molecular flexibility index (Phi) is 2.83. The molecule has 0 fully saturated rings. The van der Waals surface area contributed by atoms with Crippen LogP contribution in [0, 0.1) is 13.8 Å². The van der Waals surface area contributed by atoms with E-state index in [0.717, 1.165) is 22.2 Å². The zero-order valence-electron chi connectivity index (χ0n) is 11.6. The number of aryl methyl sites for hydroxylation is 1. The molecule has 3 aromatic rings. The second-order valence-electron chi connectivity index (χ2n) is 5.07. The van der Waals surface area contributed by atoms with Crippen molar-refractivity contribution in [2.24, 2.45) is 0 Å². The smallest absolute Gasteiger partial charge is 0.262 e. The van der Waals surface area contributed by atoms with Crippen molar-refractivity contribution in [2.45, 2.75) is 13.8 Å². The van der Waals surface area contributed by atoms with Gasteiger partial charge in [0.15, 0.2) is 0 Å². The highest BCUT2D eigenvalue weighted by molar-refractivity contribution is 5.73. The average molecular weight is 264 g/mol. The maximum atomic E-state index is 12.6. The van der Waals surface area contributed by atoms with Gasteiger partial charge in [0.05, 0.1) is 0 Å². The third-order valence-electron chi connectivity index (χ3n) is 3.68. The fourth-order valence-corrected chi connectivity index (χ4v) is 2.46. The Morgan fingerprint density at radius 2 is 1.80 bits per heavy atom. The van der Waals surface area contributed by atoms with Crippen LogP contribution in [0.25, 0.3) is 16.6 Å². The van der Waals surface area contributed by atoms with Crippen molar-refractivity contribution in [3.05, 3.63) is 70.1 Å². The molecule has 0 aliphatic carbocycles. The van der Waals surface area contributed by atoms with Crippen molar-refractivity contribution >= 4 is 11.2 Å². The molecule has 0 atom stereocenters. The molecule has 0 amide bonds. The summed E-state index contributed by atoms with van der Waals surface area (Å²) in [6, 6.07) is 13.4. The van der Waals surface area contributed by atoms with E-state index in [4.69, 9.17) is 5.73 Å². The van der Waals surface area contributed by atoms with Gasteiger partial charge in [0, 0.05) is 23.0 Å². The van der Waals surface area contributed by atoms with E-state index in [1.165, 1.54) is 0 Å². The Morgan fingerprint density at radius 3 is 2.60 bits per heavy atom. The first-order chi connectivity index (χ1) is 9.58. The monoisotopic (exact) mass is 264 g/mol. The quantitative estimate of drug-likeness (QED) is 0.686. The van der Waals surface area contributed by atoms with Crippen molar-refractivity contribution in [3.63, 3.8) is 0 Å². The summed E-state index contributed by atoms with van der Waals surface area (Å²) in [5, 5.41) is 0. The minimum Gasteiger partial charge on any atom is -0.398 e. The van der Waals surface area contributed by atoms with Gasteiger partial charge in [-0.25, -0.2) is 0 Å². The molecule has 0 radical (unpaired) electrons. The molecule has 20 heavy (non-hydrogen) atoms. The molecular weight excluding hydrogens is 248 g/mol.